The van der Waals surface area contributed by atoms with Crippen molar-refractivity contribution in [1.29, 1.82) is 0 Å². The van der Waals surface area contributed by atoms with Gasteiger partial charge >= 0.3 is 6.18 Å². The van der Waals surface area contributed by atoms with Crippen molar-refractivity contribution in [2.24, 2.45) is 5.10 Å². The number of halogens is 3. The Morgan fingerprint density at radius 2 is 2.04 bits per heavy atom. The summed E-state index contributed by atoms with van der Waals surface area (Å²) in [5, 5.41) is 3.75. The van der Waals surface area contributed by atoms with E-state index in [1.165, 1.54) is 18.3 Å². The maximum absolute atomic E-state index is 12.9. The monoisotopic (exact) mass is 348 g/mol. The first-order chi connectivity index (χ1) is 11.8. The molecule has 1 heterocycles. The van der Waals surface area contributed by atoms with E-state index < -0.39 is 23.2 Å². The summed E-state index contributed by atoms with van der Waals surface area (Å²) in [5.74, 6) is -0.102. The normalized spacial score (nSPS) is 16.6. The summed E-state index contributed by atoms with van der Waals surface area (Å²) < 4.78 is 44.4. The van der Waals surface area contributed by atoms with Gasteiger partial charge in [0.15, 0.2) is 0 Å². The number of nitrogens with zero attached hydrogens (tertiary/aromatic N) is 1. The van der Waals surface area contributed by atoms with Crippen LogP contribution in [0.1, 0.15) is 34.0 Å². The van der Waals surface area contributed by atoms with E-state index in [1.807, 2.05) is 13.0 Å². The molecule has 0 unspecified atom stereocenters. The van der Waals surface area contributed by atoms with Crippen molar-refractivity contribution in [3.05, 3.63) is 64.7 Å². The lowest BCUT2D eigenvalue weighted by Gasteiger charge is -2.10. The molecule has 2 aromatic rings. The number of hydrazone groups is 1. The second-order valence-electron chi connectivity index (χ2n) is 5.74. The van der Waals surface area contributed by atoms with Crippen LogP contribution in [0.2, 0.25) is 0 Å². The number of carbonyl (C=O) groups is 1. The van der Waals surface area contributed by atoms with Gasteiger partial charge in [0.25, 0.3) is 5.91 Å². The van der Waals surface area contributed by atoms with Gasteiger partial charge in [0.2, 0.25) is 0 Å². The Bertz CT molecular complexity index is 831. The van der Waals surface area contributed by atoms with Crippen LogP contribution in [0.4, 0.5) is 13.2 Å². The van der Waals surface area contributed by atoms with E-state index in [0.717, 1.165) is 35.4 Å². The molecule has 0 fully saturated rings. The highest BCUT2D eigenvalue weighted by Crippen LogP contribution is 2.32. The van der Waals surface area contributed by atoms with Crippen molar-refractivity contribution in [2.45, 2.75) is 25.6 Å². The molecule has 0 radical (unpaired) electrons. The SMILES string of the molecule is C[C@@H]1Cc2cc(/C=N/NC(=O)c3ccccc3C(F)(F)F)ccc2O1. The van der Waals surface area contributed by atoms with Crippen LogP contribution < -0.4 is 10.2 Å². The first-order valence-electron chi connectivity index (χ1n) is 7.64. The van der Waals surface area contributed by atoms with E-state index >= 15 is 0 Å². The van der Waals surface area contributed by atoms with E-state index in [4.69, 9.17) is 4.74 Å². The quantitative estimate of drug-likeness (QED) is 0.678. The lowest BCUT2D eigenvalue weighted by Crippen LogP contribution is -2.22. The molecular weight excluding hydrogens is 333 g/mol. The zero-order chi connectivity index (χ0) is 18.0. The molecule has 130 valence electrons. The third-order valence-corrected chi connectivity index (χ3v) is 3.78. The molecular formula is C18H15F3N2O2. The molecule has 0 aliphatic carbocycles. The summed E-state index contributed by atoms with van der Waals surface area (Å²) in [6, 6.07) is 10.0. The lowest BCUT2D eigenvalue weighted by molar-refractivity contribution is -0.137. The number of benzene rings is 2. The number of nitrogens with one attached hydrogen (secondary N) is 1. The van der Waals surface area contributed by atoms with Crippen LogP contribution >= 0.6 is 0 Å². The highest BCUT2D eigenvalue weighted by molar-refractivity contribution is 5.96. The van der Waals surface area contributed by atoms with Gasteiger partial charge < -0.3 is 4.74 Å². The Morgan fingerprint density at radius 1 is 1.28 bits per heavy atom. The molecule has 3 rings (SSSR count). The largest absolute Gasteiger partial charge is 0.490 e. The van der Waals surface area contributed by atoms with Gasteiger partial charge in [-0.15, -0.1) is 0 Å². The minimum atomic E-state index is -4.60. The number of rotatable bonds is 3. The Kier molecular flexibility index (Phi) is 4.48. The van der Waals surface area contributed by atoms with E-state index in [1.54, 1.807) is 12.1 Å². The average molecular weight is 348 g/mol. The van der Waals surface area contributed by atoms with Crippen molar-refractivity contribution in [2.75, 3.05) is 0 Å². The molecule has 1 atom stereocenters. The molecule has 2 aromatic carbocycles. The number of carbonyl (C=O) groups excluding carboxylic acids is 1. The summed E-state index contributed by atoms with van der Waals surface area (Å²) in [6.07, 6.45) is -2.32. The third kappa shape index (κ3) is 3.81. The molecule has 0 spiro atoms. The summed E-state index contributed by atoms with van der Waals surface area (Å²) in [7, 11) is 0. The predicted octanol–water partition coefficient (Wildman–Crippen LogP) is 3.79. The molecule has 0 saturated carbocycles. The van der Waals surface area contributed by atoms with Crippen LogP contribution in [-0.4, -0.2) is 18.2 Å². The van der Waals surface area contributed by atoms with Gasteiger partial charge in [0.1, 0.15) is 11.9 Å². The maximum atomic E-state index is 12.9. The van der Waals surface area contributed by atoms with Crippen LogP contribution in [0, 0.1) is 0 Å². The lowest BCUT2D eigenvalue weighted by atomic mass is 10.1. The number of amides is 1. The van der Waals surface area contributed by atoms with Gasteiger partial charge in [-0.3, -0.25) is 4.79 Å². The van der Waals surface area contributed by atoms with Crippen LogP contribution in [-0.2, 0) is 12.6 Å². The van der Waals surface area contributed by atoms with Crippen molar-refractivity contribution in [3.63, 3.8) is 0 Å². The molecule has 1 aliphatic rings. The molecule has 1 amide bonds. The minimum absolute atomic E-state index is 0.112. The number of alkyl halides is 3. The van der Waals surface area contributed by atoms with Crippen molar-refractivity contribution < 1.29 is 22.7 Å². The molecule has 4 nitrogen and oxygen atoms in total. The fraction of sp³-hybridized carbons (Fsp3) is 0.222. The van der Waals surface area contributed by atoms with Crippen molar-refractivity contribution in [3.8, 4) is 5.75 Å². The molecule has 0 aromatic heterocycles. The average Bonchev–Trinajstić information content (AvgIpc) is 2.93. The number of ether oxygens (including phenoxy) is 1. The first-order valence-corrected chi connectivity index (χ1v) is 7.64. The van der Waals surface area contributed by atoms with Crippen molar-refractivity contribution in [1.82, 2.24) is 5.43 Å². The van der Waals surface area contributed by atoms with Gasteiger partial charge in [0.05, 0.1) is 17.3 Å². The van der Waals surface area contributed by atoms with Gasteiger partial charge in [-0.2, -0.15) is 18.3 Å². The fourth-order valence-corrected chi connectivity index (χ4v) is 2.68. The predicted molar refractivity (Wildman–Crippen MR) is 86.7 cm³/mol. The maximum Gasteiger partial charge on any atom is 0.417 e. The van der Waals surface area contributed by atoms with E-state index in [2.05, 4.69) is 10.5 Å². The Balaban J connectivity index is 1.71. The van der Waals surface area contributed by atoms with E-state index in [9.17, 15) is 18.0 Å². The van der Waals surface area contributed by atoms with Crippen molar-refractivity contribution >= 4 is 12.1 Å². The number of hydrogen-bond acceptors (Lipinski definition) is 3. The van der Waals surface area contributed by atoms with Gasteiger partial charge in [-0.1, -0.05) is 12.1 Å². The topological polar surface area (TPSA) is 50.7 Å². The third-order valence-electron chi connectivity index (χ3n) is 3.78. The molecule has 1 aliphatic heterocycles. The first kappa shape index (κ1) is 17.0. The van der Waals surface area contributed by atoms with Gasteiger partial charge in [-0.25, -0.2) is 5.43 Å². The zero-order valence-electron chi connectivity index (χ0n) is 13.3. The Hall–Kier alpha value is -2.83. The second-order valence-corrected chi connectivity index (χ2v) is 5.74. The highest BCUT2D eigenvalue weighted by Gasteiger charge is 2.34. The van der Waals surface area contributed by atoms with Gasteiger partial charge in [-0.05, 0) is 48.4 Å². The number of fused-ring (bicyclic) bond motifs is 1. The summed E-state index contributed by atoms with van der Waals surface area (Å²) in [5.41, 5.74) is 2.43. The molecule has 0 bridgehead atoms. The van der Waals surface area contributed by atoms with E-state index in [0.29, 0.717) is 0 Å². The fourth-order valence-electron chi connectivity index (χ4n) is 2.68. The summed E-state index contributed by atoms with van der Waals surface area (Å²) in [6.45, 7) is 1.96. The number of hydrogen-bond donors (Lipinski definition) is 1. The van der Waals surface area contributed by atoms with Gasteiger partial charge in [0, 0.05) is 6.42 Å². The standard InChI is InChI=1S/C18H15F3N2O2/c1-11-8-13-9-12(6-7-16(13)25-11)10-22-23-17(24)14-4-2-3-5-15(14)18(19,20)21/h2-7,9-11H,8H2,1H3,(H,23,24)/b22-10+/t11-/m1/s1. The molecule has 7 heteroatoms. The summed E-state index contributed by atoms with van der Waals surface area (Å²) in [4.78, 5) is 12.0. The highest BCUT2D eigenvalue weighted by atomic mass is 19.4. The zero-order valence-corrected chi connectivity index (χ0v) is 13.3. The van der Waals surface area contributed by atoms with E-state index in [-0.39, 0.29) is 6.10 Å². The Morgan fingerprint density at radius 3 is 2.80 bits per heavy atom. The van der Waals surface area contributed by atoms with Crippen LogP contribution in [0.5, 0.6) is 5.75 Å². The van der Waals surface area contributed by atoms with Crippen LogP contribution in [0.25, 0.3) is 0 Å². The molecule has 1 N–H and O–H groups in total. The minimum Gasteiger partial charge on any atom is -0.490 e. The summed E-state index contributed by atoms with van der Waals surface area (Å²) >= 11 is 0. The smallest absolute Gasteiger partial charge is 0.417 e. The molecule has 25 heavy (non-hydrogen) atoms. The van der Waals surface area contributed by atoms with Crippen LogP contribution in [0.15, 0.2) is 47.6 Å². The second kappa shape index (κ2) is 6.58. The Labute approximate surface area is 142 Å². The van der Waals surface area contributed by atoms with Crippen LogP contribution in [0.3, 0.4) is 0 Å². The molecule has 0 saturated heterocycles.